The van der Waals surface area contributed by atoms with Gasteiger partial charge >= 0.3 is 6.02 Å². The minimum absolute atomic E-state index is 0.190. The molecule has 1 aliphatic heterocycles. The van der Waals surface area contributed by atoms with Gasteiger partial charge in [-0.25, -0.2) is 15.8 Å². The predicted octanol–water partition coefficient (Wildman–Crippen LogP) is 1.05. The summed E-state index contributed by atoms with van der Waals surface area (Å²) in [4.78, 5) is 8.49. The second kappa shape index (κ2) is 5.31. The first-order valence-corrected chi connectivity index (χ1v) is 4.68. The monoisotopic (exact) mass is 208 g/mol. The molecule has 0 aromatic carbocycles. The van der Waals surface area contributed by atoms with Crippen molar-refractivity contribution in [2.75, 3.05) is 7.11 Å². The van der Waals surface area contributed by atoms with Crippen LogP contribution in [0.15, 0.2) is 35.3 Å². The van der Waals surface area contributed by atoms with Crippen LogP contribution in [0.2, 0.25) is 0 Å². The molecule has 1 atom stereocenters. The number of ether oxygens (including phenoxy) is 1. The van der Waals surface area contributed by atoms with Crippen LogP contribution in [-0.4, -0.2) is 30.1 Å². The normalized spacial score (nSPS) is 20.4. The number of rotatable bonds is 4. The second-order valence-electron chi connectivity index (χ2n) is 3.05. The van der Waals surface area contributed by atoms with Crippen molar-refractivity contribution >= 4 is 11.9 Å². The van der Waals surface area contributed by atoms with E-state index in [4.69, 9.17) is 10.6 Å². The van der Waals surface area contributed by atoms with E-state index in [1.54, 1.807) is 12.2 Å². The van der Waals surface area contributed by atoms with Crippen LogP contribution in [0.25, 0.3) is 0 Å². The second-order valence-corrected chi connectivity index (χ2v) is 3.05. The first-order valence-electron chi connectivity index (χ1n) is 4.68. The van der Waals surface area contributed by atoms with E-state index in [2.05, 4.69) is 23.1 Å². The average molecular weight is 208 g/mol. The van der Waals surface area contributed by atoms with Gasteiger partial charge in [0.25, 0.3) is 0 Å². The van der Waals surface area contributed by atoms with Crippen LogP contribution in [0.4, 0.5) is 0 Å². The van der Waals surface area contributed by atoms with Gasteiger partial charge in [-0.05, 0) is 0 Å². The first kappa shape index (κ1) is 11.5. The SMILES string of the molecule is C=CCC1=NC(CC=C)N(N)C(OC)=N1. The maximum absolute atomic E-state index is 5.78. The zero-order valence-electron chi connectivity index (χ0n) is 8.89. The number of hydrazine groups is 1. The Morgan fingerprint density at radius 1 is 1.53 bits per heavy atom. The molecule has 0 aliphatic carbocycles. The number of methoxy groups -OCH3 is 1. The lowest BCUT2D eigenvalue weighted by molar-refractivity contribution is 0.234. The van der Waals surface area contributed by atoms with E-state index in [1.165, 1.54) is 12.1 Å². The zero-order chi connectivity index (χ0) is 11.3. The predicted molar refractivity (Wildman–Crippen MR) is 61.3 cm³/mol. The average Bonchev–Trinajstić information content (AvgIpc) is 2.23. The van der Waals surface area contributed by atoms with Crippen molar-refractivity contribution in [2.24, 2.45) is 15.8 Å². The summed E-state index contributed by atoms with van der Waals surface area (Å²) < 4.78 is 5.06. The van der Waals surface area contributed by atoms with E-state index in [1.807, 2.05) is 0 Å². The third-order valence-corrected chi connectivity index (χ3v) is 1.95. The Morgan fingerprint density at radius 3 is 2.80 bits per heavy atom. The molecule has 0 bridgehead atoms. The summed E-state index contributed by atoms with van der Waals surface area (Å²) in [7, 11) is 1.53. The molecule has 1 heterocycles. The molecule has 1 rings (SSSR count). The molecule has 5 nitrogen and oxygen atoms in total. The summed E-state index contributed by atoms with van der Waals surface area (Å²) in [5, 5.41) is 1.40. The van der Waals surface area contributed by atoms with Gasteiger partial charge in [0, 0.05) is 12.8 Å². The number of aliphatic imine (C=N–C) groups is 2. The van der Waals surface area contributed by atoms with E-state index in [9.17, 15) is 0 Å². The molecule has 0 aromatic heterocycles. The lowest BCUT2D eigenvalue weighted by Crippen LogP contribution is -2.48. The fraction of sp³-hybridized carbons (Fsp3) is 0.400. The van der Waals surface area contributed by atoms with Crippen molar-refractivity contribution in [3.05, 3.63) is 25.3 Å². The minimum atomic E-state index is -0.190. The number of amidine groups is 2. The Balaban J connectivity index is 2.87. The molecule has 15 heavy (non-hydrogen) atoms. The third-order valence-electron chi connectivity index (χ3n) is 1.95. The highest BCUT2D eigenvalue weighted by molar-refractivity contribution is 5.96. The Labute approximate surface area is 89.6 Å². The van der Waals surface area contributed by atoms with E-state index < -0.39 is 0 Å². The van der Waals surface area contributed by atoms with E-state index in [0.717, 1.165) is 0 Å². The summed E-state index contributed by atoms with van der Waals surface area (Å²) in [5.74, 6) is 6.45. The Morgan fingerprint density at radius 2 is 2.27 bits per heavy atom. The van der Waals surface area contributed by atoms with E-state index in [0.29, 0.717) is 24.7 Å². The molecule has 0 saturated carbocycles. The quantitative estimate of drug-likeness (QED) is 0.555. The van der Waals surface area contributed by atoms with Gasteiger partial charge in [0.1, 0.15) is 12.0 Å². The highest BCUT2D eigenvalue weighted by atomic mass is 16.5. The van der Waals surface area contributed by atoms with Gasteiger partial charge in [0.2, 0.25) is 0 Å². The molecule has 1 aliphatic rings. The van der Waals surface area contributed by atoms with Crippen LogP contribution in [-0.2, 0) is 4.74 Å². The molecule has 2 N–H and O–H groups in total. The summed E-state index contributed by atoms with van der Waals surface area (Å²) in [6, 6.07) is 0.369. The van der Waals surface area contributed by atoms with Crippen molar-refractivity contribution in [1.29, 1.82) is 0 Å². The van der Waals surface area contributed by atoms with Crippen LogP contribution in [0.1, 0.15) is 12.8 Å². The summed E-state index contributed by atoms with van der Waals surface area (Å²) in [6.07, 6.45) is 4.57. The number of nitrogens with zero attached hydrogens (tertiary/aromatic N) is 3. The van der Waals surface area contributed by atoms with Gasteiger partial charge in [-0.2, -0.15) is 4.99 Å². The van der Waals surface area contributed by atoms with Crippen molar-refractivity contribution in [3.8, 4) is 0 Å². The molecule has 82 valence electrons. The number of hydrogen-bond donors (Lipinski definition) is 1. The van der Waals surface area contributed by atoms with Crippen LogP contribution < -0.4 is 5.84 Å². The summed E-state index contributed by atoms with van der Waals surface area (Å²) >= 11 is 0. The maximum Gasteiger partial charge on any atom is 0.310 e. The van der Waals surface area contributed by atoms with Gasteiger partial charge in [-0.1, -0.05) is 12.2 Å². The van der Waals surface area contributed by atoms with Crippen LogP contribution in [0.3, 0.4) is 0 Å². The van der Waals surface area contributed by atoms with Gasteiger partial charge in [-0.15, -0.1) is 13.2 Å². The molecular weight excluding hydrogens is 192 g/mol. The molecule has 0 spiro atoms. The van der Waals surface area contributed by atoms with Gasteiger partial charge in [-0.3, -0.25) is 0 Å². The minimum Gasteiger partial charge on any atom is -0.467 e. The number of nitrogens with two attached hydrogens (primary N) is 1. The third kappa shape index (κ3) is 2.66. The highest BCUT2D eigenvalue weighted by Crippen LogP contribution is 2.11. The van der Waals surface area contributed by atoms with Crippen LogP contribution in [0.5, 0.6) is 0 Å². The van der Waals surface area contributed by atoms with Gasteiger partial charge < -0.3 is 4.74 Å². The molecule has 0 aromatic rings. The maximum atomic E-state index is 5.78. The Kier molecular flexibility index (Phi) is 4.05. The molecule has 0 amide bonds. The molecule has 0 saturated heterocycles. The smallest absolute Gasteiger partial charge is 0.310 e. The zero-order valence-corrected chi connectivity index (χ0v) is 8.89. The van der Waals surface area contributed by atoms with E-state index >= 15 is 0 Å². The van der Waals surface area contributed by atoms with Crippen molar-refractivity contribution in [3.63, 3.8) is 0 Å². The van der Waals surface area contributed by atoms with Crippen LogP contribution in [0, 0.1) is 0 Å². The van der Waals surface area contributed by atoms with Crippen LogP contribution >= 0.6 is 0 Å². The van der Waals surface area contributed by atoms with Crippen molar-refractivity contribution < 1.29 is 4.74 Å². The lowest BCUT2D eigenvalue weighted by Gasteiger charge is -2.28. The molecule has 0 fully saturated rings. The fourth-order valence-corrected chi connectivity index (χ4v) is 1.25. The standard InChI is InChI=1S/C10H16N4O/c1-4-6-8-12-9(7-5-2)14(11)10(13-8)15-3/h4-5,9H,1-2,6-7,11H2,3H3. The molecular formula is C10H16N4O. The Bertz CT molecular complexity index is 309. The van der Waals surface area contributed by atoms with Crippen molar-refractivity contribution in [1.82, 2.24) is 5.01 Å². The lowest BCUT2D eigenvalue weighted by atomic mass is 10.3. The summed E-state index contributed by atoms with van der Waals surface area (Å²) in [6.45, 7) is 7.30. The van der Waals surface area contributed by atoms with E-state index in [-0.39, 0.29) is 6.17 Å². The summed E-state index contributed by atoms with van der Waals surface area (Å²) in [5.41, 5.74) is 0. The molecule has 5 heteroatoms. The number of hydrogen-bond acceptors (Lipinski definition) is 5. The Hall–Kier alpha value is -1.62. The largest absolute Gasteiger partial charge is 0.467 e. The molecule has 0 radical (unpaired) electrons. The highest BCUT2D eigenvalue weighted by Gasteiger charge is 2.23. The molecule has 1 unspecified atom stereocenters. The fourth-order valence-electron chi connectivity index (χ4n) is 1.25. The first-order chi connectivity index (χ1) is 7.22. The van der Waals surface area contributed by atoms with Gasteiger partial charge in [0.15, 0.2) is 0 Å². The topological polar surface area (TPSA) is 63.2 Å². The van der Waals surface area contributed by atoms with Gasteiger partial charge in [0.05, 0.1) is 7.11 Å². The van der Waals surface area contributed by atoms with Crippen molar-refractivity contribution in [2.45, 2.75) is 19.0 Å².